The van der Waals surface area contributed by atoms with Gasteiger partial charge in [0.2, 0.25) is 11.1 Å². The van der Waals surface area contributed by atoms with E-state index in [1.807, 2.05) is 24.3 Å². The number of hydrogen-bond donors (Lipinski definition) is 2. The molecule has 1 aliphatic heterocycles. The van der Waals surface area contributed by atoms with Crippen LogP contribution in [0.2, 0.25) is 5.02 Å². The highest BCUT2D eigenvalue weighted by molar-refractivity contribution is 7.99. The van der Waals surface area contributed by atoms with Crippen LogP contribution in [0, 0.1) is 0 Å². The first-order valence-electron chi connectivity index (χ1n) is 10.2. The van der Waals surface area contributed by atoms with E-state index < -0.39 is 0 Å². The third-order valence-electron chi connectivity index (χ3n) is 4.97. The Hall–Kier alpha value is -2.75. The lowest BCUT2D eigenvalue weighted by atomic mass is 10.2. The molecule has 0 atom stereocenters. The van der Waals surface area contributed by atoms with Crippen molar-refractivity contribution in [1.82, 2.24) is 15.2 Å². The fraction of sp³-hybridized carbons (Fsp3) is 0.318. The third-order valence-corrected chi connectivity index (χ3v) is 6.05. The van der Waals surface area contributed by atoms with Gasteiger partial charge in [-0.15, -0.1) is 5.10 Å². The van der Waals surface area contributed by atoms with Crippen molar-refractivity contribution in [2.24, 2.45) is 0 Å². The van der Waals surface area contributed by atoms with Crippen molar-refractivity contribution in [2.75, 3.05) is 49.4 Å². The number of carbonyl (C=O) groups is 1. The van der Waals surface area contributed by atoms with Gasteiger partial charge in [0, 0.05) is 41.7 Å². The lowest BCUT2D eigenvalue weighted by Gasteiger charge is -2.28. The van der Waals surface area contributed by atoms with Crippen LogP contribution in [-0.2, 0) is 9.53 Å². The molecule has 1 aliphatic rings. The number of amides is 1. The minimum Gasteiger partial charge on any atom is -0.496 e. The predicted octanol–water partition coefficient (Wildman–Crippen LogP) is 4.09. The standard InChI is InChI=1S/C22H24ClN5O3S/c1-30-19-7-2-15(23)14-18(19)21-25-22(27-26-21)32-13-8-20(29)24-16-3-5-17(6-4-16)28-9-11-31-12-10-28/h2-7,14H,8-13H2,1H3,(H,24,29)(H,25,26,27). The number of anilines is 2. The van der Waals surface area contributed by atoms with Crippen molar-refractivity contribution in [3.05, 3.63) is 47.5 Å². The number of nitrogens with one attached hydrogen (secondary N) is 2. The highest BCUT2D eigenvalue weighted by Gasteiger charge is 2.13. The number of methoxy groups -OCH3 is 1. The van der Waals surface area contributed by atoms with E-state index in [0.29, 0.717) is 33.9 Å². The molecule has 0 saturated carbocycles. The summed E-state index contributed by atoms with van der Waals surface area (Å²) in [7, 11) is 1.59. The molecule has 2 aromatic carbocycles. The van der Waals surface area contributed by atoms with Crippen LogP contribution in [0.1, 0.15) is 6.42 Å². The summed E-state index contributed by atoms with van der Waals surface area (Å²) in [5, 5.41) is 11.2. The van der Waals surface area contributed by atoms with Crippen molar-refractivity contribution in [2.45, 2.75) is 11.6 Å². The number of nitrogens with zero attached hydrogens (tertiary/aromatic N) is 3. The maximum Gasteiger partial charge on any atom is 0.225 e. The third kappa shape index (κ3) is 5.73. The van der Waals surface area contributed by atoms with Crippen LogP contribution in [0.3, 0.4) is 0 Å². The molecule has 168 valence electrons. The molecule has 0 radical (unpaired) electrons. The zero-order valence-corrected chi connectivity index (χ0v) is 19.2. The molecule has 8 nitrogen and oxygen atoms in total. The molecule has 3 aromatic rings. The number of thioether (sulfide) groups is 1. The van der Waals surface area contributed by atoms with E-state index in [4.69, 9.17) is 21.1 Å². The number of aromatic nitrogens is 3. The molecular formula is C22H24ClN5O3S. The van der Waals surface area contributed by atoms with Crippen LogP contribution in [-0.4, -0.2) is 60.3 Å². The number of H-pyrrole nitrogens is 1. The topological polar surface area (TPSA) is 92.4 Å². The molecule has 10 heteroatoms. The average molecular weight is 474 g/mol. The van der Waals surface area contributed by atoms with Crippen LogP contribution >= 0.6 is 23.4 Å². The quantitative estimate of drug-likeness (QED) is 0.476. The number of rotatable bonds is 8. The molecule has 1 amide bonds. The van der Waals surface area contributed by atoms with Crippen LogP contribution in [0.4, 0.5) is 11.4 Å². The first kappa shape index (κ1) is 22.4. The van der Waals surface area contributed by atoms with Crippen LogP contribution in [0.15, 0.2) is 47.6 Å². The largest absolute Gasteiger partial charge is 0.496 e. The Labute approximate surface area is 195 Å². The predicted molar refractivity (Wildman–Crippen MR) is 127 cm³/mol. The molecule has 0 aliphatic carbocycles. The maximum atomic E-state index is 12.3. The summed E-state index contributed by atoms with van der Waals surface area (Å²) in [5.74, 6) is 1.73. The van der Waals surface area contributed by atoms with Crippen molar-refractivity contribution in [1.29, 1.82) is 0 Å². The highest BCUT2D eigenvalue weighted by Crippen LogP contribution is 2.31. The van der Waals surface area contributed by atoms with Crippen LogP contribution < -0.4 is 15.0 Å². The van der Waals surface area contributed by atoms with Gasteiger partial charge in [-0.1, -0.05) is 23.4 Å². The van der Waals surface area contributed by atoms with Gasteiger partial charge in [0.1, 0.15) is 5.75 Å². The van der Waals surface area contributed by atoms with Gasteiger partial charge in [0.05, 0.1) is 25.9 Å². The molecule has 0 bridgehead atoms. The number of carbonyl (C=O) groups excluding carboxylic acids is 1. The smallest absolute Gasteiger partial charge is 0.225 e. The molecule has 1 fully saturated rings. The van der Waals surface area contributed by atoms with E-state index in [0.717, 1.165) is 43.2 Å². The maximum absolute atomic E-state index is 12.3. The van der Waals surface area contributed by atoms with Gasteiger partial charge < -0.3 is 19.7 Å². The zero-order valence-electron chi connectivity index (χ0n) is 17.6. The number of halogens is 1. The van der Waals surface area contributed by atoms with Crippen LogP contribution in [0.25, 0.3) is 11.4 Å². The number of benzene rings is 2. The first-order chi connectivity index (χ1) is 15.6. The Kier molecular flexibility index (Phi) is 7.51. The van der Waals surface area contributed by atoms with E-state index >= 15 is 0 Å². The second-order valence-corrected chi connectivity index (χ2v) is 8.60. The Morgan fingerprint density at radius 2 is 2.03 bits per heavy atom. The summed E-state index contributed by atoms with van der Waals surface area (Å²) in [6.45, 7) is 3.26. The second kappa shape index (κ2) is 10.7. The molecule has 0 unspecified atom stereocenters. The van der Waals surface area contributed by atoms with Gasteiger partial charge >= 0.3 is 0 Å². The number of morpholine rings is 1. The Bertz CT molecular complexity index is 1050. The van der Waals surface area contributed by atoms with Crippen molar-refractivity contribution in [3.63, 3.8) is 0 Å². The molecule has 32 heavy (non-hydrogen) atoms. The van der Waals surface area contributed by atoms with E-state index in [1.54, 1.807) is 25.3 Å². The first-order valence-corrected chi connectivity index (χ1v) is 11.6. The summed E-state index contributed by atoms with van der Waals surface area (Å²) < 4.78 is 10.7. The Morgan fingerprint density at radius 3 is 2.78 bits per heavy atom. The number of aromatic amines is 1. The Balaban J connectivity index is 1.26. The van der Waals surface area contributed by atoms with Crippen LogP contribution in [0.5, 0.6) is 5.75 Å². The highest BCUT2D eigenvalue weighted by atomic mass is 35.5. The van der Waals surface area contributed by atoms with Gasteiger partial charge in [-0.05, 0) is 42.5 Å². The lowest BCUT2D eigenvalue weighted by molar-refractivity contribution is -0.115. The minimum atomic E-state index is -0.0520. The molecule has 0 spiro atoms. The van der Waals surface area contributed by atoms with Crippen molar-refractivity contribution >= 4 is 40.6 Å². The van der Waals surface area contributed by atoms with Gasteiger partial charge in [0.15, 0.2) is 5.82 Å². The normalized spacial score (nSPS) is 13.8. The van der Waals surface area contributed by atoms with E-state index in [9.17, 15) is 4.79 Å². The van der Waals surface area contributed by atoms with E-state index in [1.165, 1.54) is 11.8 Å². The molecule has 1 aromatic heterocycles. The molecule has 4 rings (SSSR count). The fourth-order valence-corrected chi connectivity index (χ4v) is 4.24. The van der Waals surface area contributed by atoms with Gasteiger partial charge in [0.25, 0.3) is 0 Å². The zero-order chi connectivity index (χ0) is 22.3. The molecular weight excluding hydrogens is 450 g/mol. The van der Waals surface area contributed by atoms with Gasteiger partial charge in [-0.25, -0.2) is 4.98 Å². The second-order valence-electron chi connectivity index (χ2n) is 7.10. The molecule has 2 heterocycles. The molecule has 1 saturated heterocycles. The Morgan fingerprint density at radius 1 is 1.25 bits per heavy atom. The van der Waals surface area contributed by atoms with Crippen molar-refractivity contribution in [3.8, 4) is 17.1 Å². The monoisotopic (exact) mass is 473 g/mol. The summed E-state index contributed by atoms with van der Waals surface area (Å²) in [5.41, 5.74) is 2.65. The summed E-state index contributed by atoms with van der Waals surface area (Å²) in [6, 6.07) is 13.2. The average Bonchev–Trinajstić information content (AvgIpc) is 3.29. The van der Waals surface area contributed by atoms with Gasteiger partial charge in [-0.3, -0.25) is 9.89 Å². The van der Waals surface area contributed by atoms with E-state index in [2.05, 4.69) is 25.4 Å². The summed E-state index contributed by atoms with van der Waals surface area (Å²) >= 11 is 7.50. The van der Waals surface area contributed by atoms with Gasteiger partial charge in [-0.2, -0.15) is 0 Å². The minimum absolute atomic E-state index is 0.0520. The fourth-order valence-electron chi connectivity index (χ4n) is 3.33. The van der Waals surface area contributed by atoms with Crippen molar-refractivity contribution < 1.29 is 14.3 Å². The lowest BCUT2D eigenvalue weighted by Crippen LogP contribution is -2.36. The summed E-state index contributed by atoms with van der Waals surface area (Å²) in [4.78, 5) is 19.1. The number of ether oxygens (including phenoxy) is 2. The SMILES string of the molecule is COc1ccc(Cl)cc1-c1nc(SCCC(=O)Nc2ccc(N3CCOCC3)cc2)n[nH]1. The number of hydrogen-bond acceptors (Lipinski definition) is 7. The molecule has 2 N–H and O–H groups in total. The van der Waals surface area contributed by atoms with E-state index in [-0.39, 0.29) is 5.91 Å². The summed E-state index contributed by atoms with van der Waals surface area (Å²) in [6.07, 6.45) is 0.347.